The normalized spacial score (nSPS) is 15.4. The first kappa shape index (κ1) is 31.2. The second kappa shape index (κ2) is 12.6. The Bertz CT molecular complexity index is 2150. The van der Waals surface area contributed by atoms with E-state index in [9.17, 15) is 14.4 Å². The van der Waals surface area contributed by atoms with Crippen LogP contribution in [0, 0.1) is 13.8 Å². The van der Waals surface area contributed by atoms with Crippen molar-refractivity contribution < 1.29 is 14.4 Å². The second-order valence-electron chi connectivity index (χ2n) is 12.0. The number of hydrogen-bond acceptors (Lipinski definition) is 8. The Morgan fingerprint density at radius 3 is 2.49 bits per heavy atom. The van der Waals surface area contributed by atoms with E-state index in [1.807, 2.05) is 62.4 Å². The minimum atomic E-state index is -0.601. The van der Waals surface area contributed by atoms with E-state index in [4.69, 9.17) is 0 Å². The summed E-state index contributed by atoms with van der Waals surface area (Å²) in [6.07, 6.45) is 3.40. The highest BCUT2D eigenvalue weighted by Gasteiger charge is 2.32. The molecule has 244 valence electrons. The van der Waals surface area contributed by atoms with Crippen molar-refractivity contribution in [2.24, 2.45) is 4.99 Å². The van der Waals surface area contributed by atoms with Gasteiger partial charge in [-0.15, -0.1) is 0 Å². The lowest BCUT2D eigenvalue weighted by molar-refractivity contribution is -0.116. The summed E-state index contributed by atoms with van der Waals surface area (Å²) in [5, 5.41) is 9.02. The van der Waals surface area contributed by atoms with Gasteiger partial charge in [0, 0.05) is 46.9 Å². The van der Waals surface area contributed by atoms with Crippen LogP contribution in [-0.4, -0.2) is 51.6 Å². The summed E-state index contributed by atoms with van der Waals surface area (Å²) in [6, 6.07) is 23.1. The van der Waals surface area contributed by atoms with Crippen LogP contribution in [-0.2, 0) is 11.3 Å². The number of pyridine rings is 1. The maximum atomic E-state index is 13.7. The van der Waals surface area contributed by atoms with Gasteiger partial charge in [0.15, 0.2) is 0 Å². The molecule has 1 atom stereocenters. The number of anilines is 6. The Labute approximate surface area is 283 Å². The molecule has 0 aliphatic carbocycles. The number of hydrogen-bond donors (Lipinski definition) is 3. The molecule has 5 aromatic rings. The van der Waals surface area contributed by atoms with E-state index < -0.39 is 6.04 Å². The maximum absolute atomic E-state index is 13.7. The molecule has 0 saturated carbocycles. The largest absolute Gasteiger partial charge is 0.330 e. The molecule has 0 saturated heterocycles. The van der Waals surface area contributed by atoms with Crippen LogP contribution in [0.2, 0.25) is 0 Å². The second-order valence-corrected chi connectivity index (χ2v) is 12.0. The summed E-state index contributed by atoms with van der Waals surface area (Å²) in [5.74, 6) is 0.235. The van der Waals surface area contributed by atoms with Crippen LogP contribution in [0.1, 0.15) is 45.2 Å². The summed E-state index contributed by atoms with van der Waals surface area (Å²) in [4.78, 5) is 61.2. The molecule has 49 heavy (non-hydrogen) atoms. The molecule has 0 bridgehead atoms. The Kier molecular flexibility index (Phi) is 8.04. The molecule has 0 spiro atoms. The zero-order chi connectivity index (χ0) is 34.2. The van der Waals surface area contributed by atoms with Crippen LogP contribution in [0.4, 0.5) is 39.3 Å². The Morgan fingerprint density at radius 2 is 1.71 bits per heavy atom. The third-order valence-corrected chi connectivity index (χ3v) is 8.48. The van der Waals surface area contributed by atoms with Crippen molar-refractivity contribution >= 4 is 58.1 Å². The topological polar surface area (TPSA) is 145 Å². The van der Waals surface area contributed by atoms with Gasteiger partial charge < -0.3 is 16.0 Å². The first-order valence-electron chi connectivity index (χ1n) is 15.8. The van der Waals surface area contributed by atoms with E-state index in [1.165, 1.54) is 4.90 Å². The van der Waals surface area contributed by atoms with Crippen molar-refractivity contribution in [2.75, 3.05) is 32.8 Å². The number of benzene rings is 3. The van der Waals surface area contributed by atoms with Gasteiger partial charge in [-0.2, -0.15) is 4.98 Å². The lowest BCUT2D eigenvalue weighted by atomic mass is 9.98. The van der Waals surface area contributed by atoms with Gasteiger partial charge in [0.05, 0.1) is 35.5 Å². The van der Waals surface area contributed by atoms with E-state index in [2.05, 4.69) is 35.9 Å². The predicted octanol–water partition coefficient (Wildman–Crippen LogP) is 6.24. The number of urea groups is 1. The SMILES string of the molecule is Cc1ccc(Nc2ncc3c(n2)N(C)C(=O)N(c2cc(NC(=O)c4ccc5c(c4)NC(=O)[C@H](C)N=C5c4ccccc4)ccc2C)C3)cn1. The average Bonchev–Trinajstić information content (AvgIpc) is 3.23. The molecule has 3 N–H and O–H groups in total. The quantitative estimate of drug-likeness (QED) is 0.197. The summed E-state index contributed by atoms with van der Waals surface area (Å²) in [7, 11) is 1.67. The number of aliphatic imine (C=N–C) groups is 1. The number of amides is 4. The van der Waals surface area contributed by atoms with Crippen LogP contribution in [0.25, 0.3) is 0 Å². The average molecular weight is 652 g/mol. The summed E-state index contributed by atoms with van der Waals surface area (Å²) in [6.45, 7) is 5.80. The van der Waals surface area contributed by atoms with Gasteiger partial charge in [-0.1, -0.05) is 36.4 Å². The number of aryl methyl sites for hydroxylation is 2. The molecule has 12 heteroatoms. The molecular formula is C37H33N9O3. The van der Waals surface area contributed by atoms with Crippen molar-refractivity contribution in [1.82, 2.24) is 15.0 Å². The number of aromatic nitrogens is 3. The van der Waals surface area contributed by atoms with E-state index in [0.717, 1.165) is 33.6 Å². The minimum absolute atomic E-state index is 0.247. The van der Waals surface area contributed by atoms with Crippen molar-refractivity contribution in [1.29, 1.82) is 0 Å². The lowest BCUT2D eigenvalue weighted by Gasteiger charge is -2.35. The monoisotopic (exact) mass is 651 g/mol. The fraction of sp³-hybridized carbons (Fsp3) is 0.162. The molecule has 4 heterocycles. The van der Waals surface area contributed by atoms with E-state index in [1.54, 1.807) is 61.6 Å². The van der Waals surface area contributed by atoms with Gasteiger partial charge in [0.2, 0.25) is 11.9 Å². The fourth-order valence-corrected chi connectivity index (χ4v) is 5.79. The van der Waals surface area contributed by atoms with Gasteiger partial charge in [0.1, 0.15) is 11.9 Å². The first-order chi connectivity index (χ1) is 23.6. The molecule has 0 radical (unpaired) electrons. The molecule has 4 amide bonds. The Hall–Kier alpha value is -6.43. The third-order valence-electron chi connectivity index (χ3n) is 8.48. The van der Waals surface area contributed by atoms with Crippen LogP contribution in [0.15, 0.2) is 96.2 Å². The highest BCUT2D eigenvalue weighted by Crippen LogP contribution is 2.34. The minimum Gasteiger partial charge on any atom is -0.324 e. The van der Waals surface area contributed by atoms with Gasteiger partial charge >= 0.3 is 6.03 Å². The molecule has 0 fully saturated rings. The fourth-order valence-electron chi connectivity index (χ4n) is 5.79. The number of carbonyl (C=O) groups is 3. The smallest absolute Gasteiger partial charge is 0.324 e. The third kappa shape index (κ3) is 6.19. The number of nitrogens with zero attached hydrogens (tertiary/aromatic N) is 6. The van der Waals surface area contributed by atoms with Gasteiger partial charge in [-0.05, 0) is 68.8 Å². The highest BCUT2D eigenvalue weighted by molar-refractivity contribution is 6.20. The van der Waals surface area contributed by atoms with Crippen molar-refractivity contribution in [3.63, 3.8) is 0 Å². The van der Waals surface area contributed by atoms with Gasteiger partial charge in [-0.25, -0.2) is 9.78 Å². The number of nitrogens with one attached hydrogen (secondary N) is 3. The number of rotatable bonds is 6. The summed E-state index contributed by atoms with van der Waals surface area (Å²) < 4.78 is 0. The molecule has 0 unspecified atom stereocenters. The first-order valence-corrected chi connectivity index (χ1v) is 15.8. The molecule has 7 rings (SSSR count). The lowest BCUT2D eigenvalue weighted by Crippen LogP contribution is -2.46. The van der Waals surface area contributed by atoms with E-state index in [-0.39, 0.29) is 24.4 Å². The highest BCUT2D eigenvalue weighted by atomic mass is 16.2. The summed E-state index contributed by atoms with van der Waals surface area (Å²) >= 11 is 0. The molecular weight excluding hydrogens is 618 g/mol. The standard InChI is InChI=1S/C37H33N9O3/c1-21-10-13-27(41-35(48)25-12-15-29-30(16-25)43-34(47)23(3)40-32(29)24-8-6-5-7-9-24)17-31(21)46-20-26-18-39-36(44-33(26)45(4)37(46)49)42-28-14-11-22(2)38-19-28/h5-19,23H,20H2,1-4H3,(H,41,48)(H,43,47)(H,39,42,44)/t23-/m0/s1. The van der Waals surface area contributed by atoms with Gasteiger partial charge in [0.25, 0.3) is 5.91 Å². The zero-order valence-corrected chi connectivity index (χ0v) is 27.4. The van der Waals surface area contributed by atoms with Crippen molar-refractivity contribution in [3.8, 4) is 0 Å². The molecule has 2 aromatic heterocycles. The summed E-state index contributed by atoms with van der Waals surface area (Å²) in [5.41, 5.74) is 7.54. The molecule has 12 nitrogen and oxygen atoms in total. The van der Waals surface area contributed by atoms with Crippen LogP contribution in [0.5, 0.6) is 0 Å². The van der Waals surface area contributed by atoms with E-state index >= 15 is 0 Å². The Morgan fingerprint density at radius 1 is 0.918 bits per heavy atom. The van der Waals surface area contributed by atoms with Crippen LogP contribution < -0.4 is 25.8 Å². The number of benzodiazepines with no additional fused rings is 1. The van der Waals surface area contributed by atoms with E-state index in [0.29, 0.717) is 40.1 Å². The molecule has 2 aliphatic heterocycles. The van der Waals surface area contributed by atoms with Crippen LogP contribution in [0.3, 0.4) is 0 Å². The zero-order valence-electron chi connectivity index (χ0n) is 27.4. The number of carbonyl (C=O) groups excluding carboxylic acids is 3. The molecule has 2 aliphatic rings. The maximum Gasteiger partial charge on any atom is 0.330 e. The Balaban J connectivity index is 1.12. The van der Waals surface area contributed by atoms with Crippen molar-refractivity contribution in [3.05, 3.63) is 125 Å². The van der Waals surface area contributed by atoms with Crippen molar-refractivity contribution in [2.45, 2.75) is 33.4 Å². The molecule has 3 aromatic carbocycles. The van der Waals surface area contributed by atoms with Crippen LogP contribution >= 0.6 is 0 Å². The number of fused-ring (bicyclic) bond motifs is 2. The predicted molar refractivity (Wildman–Crippen MR) is 190 cm³/mol. The van der Waals surface area contributed by atoms with Gasteiger partial charge in [-0.3, -0.25) is 29.4 Å².